The first-order chi connectivity index (χ1) is 12.7. The van der Waals surface area contributed by atoms with Crippen LogP contribution in [0.5, 0.6) is 0 Å². The number of para-hydroxylation sites is 1. The van der Waals surface area contributed by atoms with Crippen molar-refractivity contribution < 1.29 is 9.53 Å². The molecule has 1 unspecified atom stereocenters. The molecule has 4 rings (SSSR count). The third kappa shape index (κ3) is 2.84. The normalized spacial score (nSPS) is 21.6. The molecule has 0 bridgehead atoms. The molecule has 3 heterocycles. The van der Waals surface area contributed by atoms with Crippen LogP contribution in [-0.2, 0) is 28.1 Å². The molecule has 4 heteroatoms. The average molecular weight is 354 g/mol. The van der Waals surface area contributed by atoms with Crippen molar-refractivity contribution in [3.63, 3.8) is 0 Å². The molecule has 140 valence electrons. The first-order valence-corrected chi connectivity index (χ1v) is 10.1. The molecule has 1 amide bonds. The number of unbranched alkanes of at least 4 members (excludes halogenated alkanes) is 1. The second-order valence-electron chi connectivity index (χ2n) is 7.86. The largest absolute Gasteiger partial charge is 0.368 e. The molecule has 1 atom stereocenters. The summed E-state index contributed by atoms with van der Waals surface area (Å²) < 4.78 is 8.89. The van der Waals surface area contributed by atoms with Gasteiger partial charge in [0.05, 0.1) is 12.3 Å². The van der Waals surface area contributed by atoms with E-state index >= 15 is 0 Å². The first kappa shape index (κ1) is 17.6. The van der Waals surface area contributed by atoms with E-state index in [1.54, 1.807) is 0 Å². The average Bonchev–Trinajstić information content (AvgIpc) is 3.01. The zero-order chi connectivity index (χ0) is 18.1. The molecule has 1 aromatic carbocycles. The van der Waals surface area contributed by atoms with Crippen LogP contribution in [0.15, 0.2) is 24.3 Å². The molecule has 26 heavy (non-hydrogen) atoms. The standard InChI is InChI=1S/C22H30N2O2/c1-3-4-14-23(2)20(25)10-13-22-12-7-15-24-19-9-6-5-8-17(19)18(21(22)24)11-16-26-22/h5-6,8-9H,3-4,7,10-16H2,1-2H3. The number of ether oxygens (including phenoxy) is 1. The molecule has 2 aromatic rings. The van der Waals surface area contributed by atoms with E-state index in [4.69, 9.17) is 4.74 Å². The summed E-state index contributed by atoms with van der Waals surface area (Å²) in [5.41, 5.74) is 3.88. The minimum absolute atomic E-state index is 0.247. The Morgan fingerprint density at radius 1 is 1.35 bits per heavy atom. The highest BCUT2D eigenvalue weighted by Gasteiger charge is 2.44. The maximum absolute atomic E-state index is 12.6. The zero-order valence-electron chi connectivity index (χ0n) is 16.1. The van der Waals surface area contributed by atoms with E-state index in [1.807, 2.05) is 11.9 Å². The van der Waals surface area contributed by atoms with Crippen molar-refractivity contribution in [2.75, 3.05) is 20.2 Å². The molecule has 0 saturated carbocycles. The molecule has 0 saturated heterocycles. The number of aromatic nitrogens is 1. The molecule has 2 aliphatic heterocycles. The predicted octanol–water partition coefficient (Wildman–Crippen LogP) is 4.24. The van der Waals surface area contributed by atoms with Gasteiger partial charge >= 0.3 is 0 Å². The number of aryl methyl sites for hydroxylation is 1. The molecular weight excluding hydrogens is 324 g/mol. The fourth-order valence-corrected chi connectivity index (χ4v) is 4.85. The van der Waals surface area contributed by atoms with Gasteiger partial charge in [0, 0.05) is 37.5 Å². The number of amides is 1. The Labute approximate surface area is 156 Å². The monoisotopic (exact) mass is 354 g/mol. The summed E-state index contributed by atoms with van der Waals surface area (Å²) in [5, 5.41) is 1.38. The summed E-state index contributed by atoms with van der Waals surface area (Å²) in [6.45, 7) is 4.84. The number of carbonyl (C=O) groups excluding carboxylic acids is 1. The van der Waals surface area contributed by atoms with Gasteiger partial charge < -0.3 is 14.2 Å². The minimum Gasteiger partial charge on any atom is -0.368 e. The molecule has 0 N–H and O–H groups in total. The maximum atomic E-state index is 12.6. The van der Waals surface area contributed by atoms with E-state index < -0.39 is 0 Å². The van der Waals surface area contributed by atoms with Crippen molar-refractivity contribution in [2.24, 2.45) is 0 Å². The van der Waals surface area contributed by atoms with Gasteiger partial charge in [0.2, 0.25) is 5.91 Å². The Bertz CT molecular complexity index is 761. The Balaban J connectivity index is 1.62. The van der Waals surface area contributed by atoms with Gasteiger partial charge in [0.1, 0.15) is 5.60 Å². The van der Waals surface area contributed by atoms with Crippen LogP contribution in [0.25, 0.3) is 10.9 Å². The van der Waals surface area contributed by atoms with Crippen LogP contribution in [0.4, 0.5) is 0 Å². The van der Waals surface area contributed by atoms with Gasteiger partial charge in [-0.25, -0.2) is 0 Å². The number of nitrogens with zero attached hydrogens (tertiary/aromatic N) is 2. The van der Waals surface area contributed by atoms with Gasteiger partial charge in [-0.05, 0) is 43.7 Å². The van der Waals surface area contributed by atoms with Gasteiger partial charge in [-0.15, -0.1) is 0 Å². The van der Waals surface area contributed by atoms with Crippen LogP contribution >= 0.6 is 0 Å². The summed E-state index contributed by atoms with van der Waals surface area (Å²) in [4.78, 5) is 14.5. The van der Waals surface area contributed by atoms with Crippen LogP contribution in [0.3, 0.4) is 0 Å². The second kappa shape index (κ2) is 7.07. The molecular formula is C22H30N2O2. The quantitative estimate of drug-likeness (QED) is 0.777. The predicted molar refractivity (Wildman–Crippen MR) is 104 cm³/mol. The first-order valence-electron chi connectivity index (χ1n) is 10.1. The Kier molecular flexibility index (Phi) is 4.78. The molecule has 4 nitrogen and oxygen atoms in total. The fraction of sp³-hybridized carbons (Fsp3) is 0.591. The lowest BCUT2D eigenvalue weighted by molar-refractivity contribution is -0.134. The van der Waals surface area contributed by atoms with Crippen molar-refractivity contribution in [3.05, 3.63) is 35.5 Å². The van der Waals surface area contributed by atoms with E-state index in [0.29, 0.717) is 6.42 Å². The molecule has 0 radical (unpaired) electrons. The Hall–Kier alpha value is -1.81. The number of carbonyl (C=O) groups is 1. The van der Waals surface area contributed by atoms with Crippen molar-refractivity contribution in [3.8, 4) is 0 Å². The molecule has 0 fully saturated rings. The van der Waals surface area contributed by atoms with Gasteiger partial charge in [-0.3, -0.25) is 4.79 Å². The molecule has 2 aliphatic rings. The highest BCUT2D eigenvalue weighted by Crippen LogP contribution is 2.47. The zero-order valence-corrected chi connectivity index (χ0v) is 16.1. The SMILES string of the molecule is CCCCN(C)C(=O)CCC12CCCn3c1c(c1ccccc13)CCO2. The van der Waals surface area contributed by atoms with Crippen molar-refractivity contribution in [1.29, 1.82) is 0 Å². The Morgan fingerprint density at radius 2 is 2.19 bits per heavy atom. The summed E-state index contributed by atoms with van der Waals surface area (Å²) in [6.07, 6.45) is 6.69. The topological polar surface area (TPSA) is 34.5 Å². The van der Waals surface area contributed by atoms with Crippen LogP contribution in [0, 0.1) is 0 Å². The molecule has 0 spiro atoms. The lowest BCUT2D eigenvalue weighted by atomic mass is 9.81. The molecule has 1 aromatic heterocycles. The van der Waals surface area contributed by atoms with Gasteiger partial charge in [-0.1, -0.05) is 31.5 Å². The number of fused-ring (bicyclic) bond motifs is 3. The highest BCUT2D eigenvalue weighted by molar-refractivity contribution is 5.86. The number of rotatable bonds is 6. The van der Waals surface area contributed by atoms with Gasteiger partial charge in [0.15, 0.2) is 0 Å². The summed E-state index contributed by atoms with van der Waals surface area (Å²) in [6, 6.07) is 8.73. The van der Waals surface area contributed by atoms with Crippen molar-refractivity contribution in [1.82, 2.24) is 9.47 Å². The van der Waals surface area contributed by atoms with Crippen molar-refractivity contribution >= 4 is 16.8 Å². The minimum atomic E-state index is -0.272. The summed E-state index contributed by atoms with van der Waals surface area (Å²) in [7, 11) is 1.93. The van der Waals surface area contributed by atoms with Gasteiger partial charge in [-0.2, -0.15) is 0 Å². The lowest BCUT2D eigenvalue weighted by Crippen LogP contribution is -2.41. The van der Waals surface area contributed by atoms with Crippen LogP contribution in [-0.4, -0.2) is 35.6 Å². The lowest BCUT2D eigenvalue weighted by Gasteiger charge is -2.42. The van der Waals surface area contributed by atoms with Crippen LogP contribution < -0.4 is 0 Å². The molecule has 0 aliphatic carbocycles. The summed E-state index contributed by atoms with van der Waals surface area (Å²) in [5.74, 6) is 0.247. The summed E-state index contributed by atoms with van der Waals surface area (Å²) >= 11 is 0. The fourth-order valence-electron chi connectivity index (χ4n) is 4.85. The van der Waals surface area contributed by atoms with E-state index in [0.717, 1.165) is 58.2 Å². The second-order valence-corrected chi connectivity index (χ2v) is 7.86. The van der Waals surface area contributed by atoms with E-state index in [-0.39, 0.29) is 11.5 Å². The van der Waals surface area contributed by atoms with Crippen molar-refractivity contribution in [2.45, 2.75) is 64.0 Å². The van der Waals surface area contributed by atoms with E-state index in [9.17, 15) is 4.79 Å². The number of benzene rings is 1. The number of hydrogen-bond acceptors (Lipinski definition) is 2. The number of hydrogen-bond donors (Lipinski definition) is 0. The maximum Gasteiger partial charge on any atom is 0.222 e. The van der Waals surface area contributed by atoms with Crippen LogP contribution in [0.1, 0.15) is 56.7 Å². The third-order valence-corrected chi connectivity index (χ3v) is 6.22. The van der Waals surface area contributed by atoms with Gasteiger partial charge in [0.25, 0.3) is 0 Å². The van der Waals surface area contributed by atoms with E-state index in [2.05, 4.69) is 35.8 Å². The Morgan fingerprint density at radius 3 is 3.04 bits per heavy atom. The van der Waals surface area contributed by atoms with Crippen LogP contribution in [0.2, 0.25) is 0 Å². The third-order valence-electron chi connectivity index (χ3n) is 6.22. The highest BCUT2D eigenvalue weighted by atomic mass is 16.5. The smallest absolute Gasteiger partial charge is 0.222 e. The van der Waals surface area contributed by atoms with E-state index in [1.165, 1.54) is 22.2 Å².